The minimum Gasteiger partial charge on any atom is -0.505 e. The molecule has 0 radical (unpaired) electrons. The Hall–Kier alpha value is -11.7. The number of benzene rings is 8. The second-order valence-electron chi connectivity index (χ2n) is 26.3. The fourth-order valence-corrected chi connectivity index (χ4v) is 17.2. The van der Waals surface area contributed by atoms with Crippen molar-refractivity contribution in [3.05, 3.63) is 366 Å². The lowest BCUT2D eigenvalue weighted by molar-refractivity contribution is 0.414. The quantitative estimate of drug-likeness (QED) is 0.0698. The summed E-state index contributed by atoms with van der Waals surface area (Å²) in [4.78, 5) is 105. The predicted molar refractivity (Wildman–Crippen MR) is 472 cm³/mol. The number of hydrogen-bond donors (Lipinski definition) is 4. The average Bonchev–Trinajstić information content (AvgIpc) is 0.770. The molecule has 0 unspecified atom stereocenters. The van der Waals surface area contributed by atoms with Crippen LogP contribution in [0.3, 0.4) is 0 Å². The zero-order chi connectivity index (χ0) is 85.7. The van der Waals surface area contributed by atoms with Crippen molar-refractivity contribution in [2.24, 2.45) is 0 Å². The number of halogens is 6. The van der Waals surface area contributed by atoms with Crippen LogP contribution < -0.4 is 54.2 Å². The highest BCUT2D eigenvalue weighted by atomic mass is 35.5. The third-order valence-corrected chi connectivity index (χ3v) is 24.5. The monoisotopic (exact) mass is 1800 g/mol. The van der Waals surface area contributed by atoms with Gasteiger partial charge >= 0.3 is 22.5 Å². The Morgan fingerprint density at radius 1 is 0.317 bits per heavy atom. The standard InChI is InChI=1S/C22H14Cl3NO4S.C22H15Cl2NO4S.C22H16ClNO5S.C22H17NO5S/c1-11-7-17-18(21(28)26(11)10-12-5-6-15(24)16(25)8-12)19(27)20(22(29)30-17)31-14-4-2-3-13(23)9-14;1-12-9-17-18(21(27)25(12)11-13-7-8-15(23)16(24)10-13)19(26)20(22(28)29-17)30-14-5-3-2-4-6-14;1-12-10-17-18(21(26)24(12)14-6-8-15(28-2)9-7-14)19(25)20(22(27)29-17)30-16-5-3-4-13(23)11-16;1-13-12-17-18(21(25)23(13)14-8-10-15(27-2)11-9-14)19(24)20(22(26)28-17)29-16-6-4-3-5-7-16/h2-9,27H,10H2,1H3;2-10,26H,11H2,1H3;3-11,25H,1-2H3;3-12,24H,1-2H3. The minimum atomic E-state index is -0.740. The van der Waals surface area contributed by atoms with Gasteiger partial charge in [0, 0.05) is 88.0 Å². The molecule has 0 atom stereocenters. The van der Waals surface area contributed by atoms with Gasteiger partial charge in [0.2, 0.25) is 0 Å². The van der Waals surface area contributed by atoms with Crippen molar-refractivity contribution in [3.63, 3.8) is 0 Å². The largest absolute Gasteiger partial charge is 0.505 e. The third-order valence-electron chi connectivity index (χ3n) is 18.3. The molecule has 8 aromatic heterocycles. The zero-order valence-corrected chi connectivity index (χ0v) is 71.2. The lowest BCUT2D eigenvalue weighted by Gasteiger charge is -2.13. The number of aromatic hydroxyl groups is 4. The topological polar surface area (TPSA) is 308 Å². The number of rotatable bonds is 16. The van der Waals surface area contributed by atoms with Crippen molar-refractivity contribution < 1.29 is 47.6 Å². The molecule has 0 fully saturated rings. The lowest BCUT2D eigenvalue weighted by atomic mass is 10.2. The number of hydrogen-bond acceptors (Lipinski definition) is 22. The molecule has 0 spiro atoms. The lowest BCUT2D eigenvalue weighted by Crippen LogP contribution is -2.24. The summed E-state index contributed by atoms with van der Waals surface area (Å²) in [5.74, 6) is -0.294. The molecular weight excluding hydrogens is 1740 g/mol. The first-order chi connectivity index (χ1) is 57.5. The van der Waals surface area contributed by atoms with Gasteiger partial charge in [0.1, 0.15) is 75.0 Å². The average molecular weight is 1800 g/mol. The van der Waals surface area contributed by atoms with Gasteiger partial charge in [-0.1, -0.05) is 177 Å². The fraction of sp³-hybridized carbons (Fsp3) is 0.0909. The van der Waals surface area contributed by atoms with Crippen LogP contribution in [-0.4, -0.2) is 52.9 Å². The molecule has 0 aliphatic rings. The molecule has 0 amide bonds. The van der Waals surface area contributed by atoms with Crippen LogP contribution >= 0.6 is 117 Å². The Kier molecular flexibility index (Phi) is 26.8. The fourth-order valence-electron chi connectivity index (χ4n) is 12.5. The van der Waals surface area contributed by atoms with E-state index in [-0.39, 0.29) is 88.0 Å². The van der Waals surface area contributed by atoms with Gasteiger partial charge in [-0.3, -0.25) is 28.3 Å². The van der Waals surface area contributed by atoms with E-state index in [1.807, 2.05) is 36.4 Å². The number of fused-ring (bicyclic) bond motifs is 4. The Morgan fingerprint density at radius 3 is 0.908 bits per heavy atom. The van der Waals surface area contributed by atoms with Gasteiger partial charge in [-0.25, -0.2) is 19.2 Å². The van der Waals surface area contributed by atoms with E-state index >= 15 is 0 Å². The highest BCUT2D eigenvalue weighted by Crippen LogP contribution is 2.41. The van der Waals surface area contributed by atoms with Gasteiger partial charge in [-0.2, -0.15) is 0 Å². The van der Waals surface area contributed by atoms with Gasteiger partial charge in [-0.05, 0) is 172 Å². The molecule has 32 heteroatoms. The molecular formula is C88H62Cl6N4O18S4. The number of aryl methyl sites for hydroxylation is 4. The summed E-state index contributed by atoms with van der Waals surface area (Å²) in [5.41, 5.74) is 0.336. The van der Waals surface area contributed by atoms with Crippen LogP contribution in [0.15, 0.2) is 314 Å². The first-order valence-corrected chi connectivity index (χ1v) is 41.2. The van der Waals surface area contributed by atoms with Gasteiger partial charge in [0.25, 0.3) is 22.2 Å². The molecule has 8 heterocycles. The Labute approximate surface area is 726 Å². The Balaban J connectivity index is 0.000000138. The van der Waals surface area contributed by atoms with E-state index in [1.54, 1.807) is 224 Å². The predicted octanol–water partition coefficient (Wildman–Crippen LogP) is 20.5. The number of ether oxygens (including phenoxy) is 2. The summed E-state index contributed by atoms with van der Waals surface area (Å²) in [6, 6.07) is 62.1. The minimum absolute atomic E-state index is 0.0193. The van der Waals surface area contributed by atoms with Gasteiger partial charge in [-0.15, -0.1) is 0 Å². The van der Waals surface area contributed by atoms with Gasteiger partial charge in [0.05, 0.1) is 47.4 Å². The number of aromatic nitrogens is 4. The molecule has 8 aromatic carbocycles. The van der Waals surface area contributed by atoms with Crippen LogP contribution in [0.1, 0.15) is 33.9 Å². The molecule has 120 heavy (non-hydrogen) atoms. The maximum atomic E-state index is 13.3. The highest BCUT2D eigenvalue weighted by molar-refractivity contribution is 8.00. The first kappa shape index (κ1) is 86.2. The molecule has 0 saturated carbocycles. The van der Waals surface area contributed by atoms with Gasteiger partial charge in [0.15, 0.2) is 23.0 Å². The van der Waals surface area contributed by atoms with Crippen molar-refractivity contribution in [1.29, 1.82) is 0 Å². The summed E-state index contributed by atoms with van der Waals surface area (Å²) in [6.07, 6.45) is 0. The summed E-state index contributed by atoms with van der Waals surface area (Å²) >= 11 is 40.2. The maximum absolute atomic E-state index is 13.3. The van der Waals surface area contributed by atoms with Crippen LogP contribution in [-0.2, 0) is 13.1 Å². The third kappa shape index (κ3) is 18.8. The highest BCUT2D eigenvalue weighted by Gasteiger charge is 2.27. The SMILES string of the molecule is COc1ccc(-n2c(C)cc3oc(=O)c(Sc4cccc(Cl)c4)c(O)c3c2=O)cc1.COc1ccc(-n2c(C)cc3oc(=O)c(Sc4ccccc4)c(O)c3c2=O)cc1.Cc1cc2oc(=O)c(Sc3cccc(Cl)c3)c(O)c2c(=O)n1Cc1ccc(Cl)c(Cl)c1.Cc1cc2oc(=O)c(Sc3ccccc3)c(O)c2c(=O)n1Cc1ccc(Cl)c(Cl)c1. The van der Waals surface area contributed by atoms with Crippen LogP contribution in [0.4, 0.5) is 0 Å². The van der Waals surface area contributed by atoms with Crippen molar-refractivity contribution in [1.82, 2.24) is 18.3 Å². The molecule has 22 nitrogen and oxygen atoms in total. The van der Waals surface area contributed by atoms with Crippen LogP contribution in [0.5, 0.6) is 34.5 Å². The summed E-state index contributed by atoms with van der Waals surface area (Å²) in [6.45, 7) is 7.31. The smallest absolute Gasteiger partial charge is 0.354 e. The molecule has 608 valence electrons. The molecule has 0 saturated heterocycles. The van der Waals surface area contributed by atoms with Crippen LogP contribution in [0.2, 0.25) is 30.1 Å². The van der Waals surface area contributed by atoms with E-state index < -0.39 is 56.2 Å². The van der Waals surface area contributed by atoms with Crippen molar-refractivity contribution in [2.75, 3.05) is 14.2 Å². The van der Waals surface area contributed by atoms with E-state index in [4.69, 9.17) is 96.7 Å². The molecule has 0 bridgehead atoms. The molecule has 16 aromatic rings. The maximum Gasteiger partial charge on any atom is 0.354 e. The molecule has 16 rings (SSSR count). The van der Waals surface area contributed by atoms with Crippen molar-refractivity contribution >= 4 is 161 Å². The second-order valence-corrected chi connectivity index (χ2v) is 33.1. The second kappa shape index (κ2) is 37.3. The van der Waals surface area contributed by atoms with E-state index in [0.29, 0.717) is 85.6 Å². The molecule has 4 N–H and O–H groups in total. The van der Waals surface area contributed by atoms with E-state index in [9.17, 15) is 58.8 Å². The summed E-state index contributed by atoms with van der Waals surface area (Å²) < 4.78 is 37.6. The Morgan fingerprint density at radius 2 is 0.608 bits per heavy atom. The molecule has 0 aliphatic heterocycles. The van der Waals surface area contributed by atoms with Gasteiger partial charge < -0.3 is 56.7 Å². The zero-order valence-electron chi connectivity index (χ0n) is 63.4. The number of pyridine rings is 4. The molecule has 0 aliphatic carbocycles. The van der Waals surface area contributed by atoms with E-state index in [2.05, 4.69) is 0 Å². The number of nitrogens with zero attached hydrogens (tertiary/aromatic N) is 4. The van der Waals surface area contributed by atoms with E-state index in [1.165, 1.54) is 18.3 Å². The summed E-state index contributed by atoms with van der Waals surface area (Å²) in [5, 5.41) is 45.6. The summed E-state index contributed by atoms with van der Waals surface area (Å²) in [7, 11) is 3.12. The van der Waals surface area contributed by atoms with Crippen molar-refractivity contribution in [2.45, 2.75) is 79.9 Å². The van der Waals surface area contributed by atoms with Crippen LogP contribution in [0.25, 0.3) is 55.3 Å². The Bertz CT molecular complexity index is 7230. The number of methoxy groups -OCH3 is 2. The first-order valence-electron chi connectivity index (χ1n) is 35.6. The van der Waals surface area contributed by atoms with E-state index in [0.717, 1.165) is 68.0 Å². The van der Waals surface area contributed by atoms with Crippen LogP contribution in [0, 0.1) is 27.7 Å². The normalized spacial score (nSPS) is 11.1. The van der Waals surface area contributed by atoms with Crippen molar-refractivity contribution in [3.8, 4) is 45.9 Å².